The largest absolute Gasteiger partial charge is 0.494 e. The molecule has 3 N–H and O–H groups in total. The van der Waals surface area contributed by atoms with Crippen LogP contribution < -0.4 is 10.5 Å². The Hall–Kier alpha value is -1.22. The lowest BCUT2D eigenvalue weighted by Crippen LogP contribution is -1.97. The van der Waals surface area contributed by atoms with E-state index in [9.17, 15) is 0 Å². The van der Waals surface area contributed by atoms with E-state index in [1.54, 1.807) is 0 Å². The van der Waals surface area contributed by atoms with Gasteiger partial charge in [0.25, 0.3) is 0 Å². The second-order valence-corrected chi connectivity index (χ2v) is 5.32. The third-order valence-corrected chi connectivity index (χ3v) is 3.45. The Kier molecular flexibility index (Phi) is 9.76. The second kappa shape index (κ2) is 11.6. The van der Waals surface area contributed by atoms with Crippen molar-refractivity contribution in [1.82, 2.24) is 0 Å². The number of unbranched alkanes of at least 4 members (excludes halogenated alkanes) is 8. The van der Waals surface area contributed by atoms with Crippen LogP contribution in [0, 0.1) is 0 Å². The fourth-order valence-electron chi connectivity index (χ4n) is 2.21. The lowest BCUT2D eigenvalue weighted by molar-refractivity contribution is 0.282. The summed E-state index contributed by atoms with van der Waals surface area (Å²) in [5.74, 6) is 0.906. The van der Waals surface area contributed by atoms with Crippen molar-refractivity contribution in [2.45, 2.75) is 57.8 Å². The van der Waals surface area contributed by atoms with E-state index in [1.807, 2.05) is 24.3 Å². The molecular formula is C17H29NO2. The smallest absolute Gasteiger partial charge is 0.119 e. The summed E-state index contributed by atoms with van der Waals surface area (Å²) in [6.07, 6.45) is 11.0. The van der Waals surface area contributed by atoms with Gasteiger partial charge in [-0.2, -0.15) is 0 Å². The van der Waals surface area contributed by atoms with Crippen LogP contribution >= 0.6 is 0 Å². The zero-order valence-corrected chi connectivity index (χ0v) is 12.5. The average Bonchev–Trinajstić information content (AvgIpc) is 2.47. The fourth-order valence-corrected chi connectivity index (χ4v) is 2.21. The van der Waals surface area contributed by atoms with Gasteiger partial charge in [0.1, 0.15) is 5.75 Å². The number of anilines is 1. The number of benzene rings is 1. The Bertz CT molecular complexity index is 324. The minimum atomic E-state index is 0.341. The number of rotatable bonds is 12. The summed E-state index contributed by atoms with van der Waals surface area (Å²) in [5, 5.41) is 8.67. The van der Waals surface area contributed by atoms with Gasteiger partial charge in [-0.25, -0.2) is 0 Å². The minimum Gasteiger partial charge on any atom is -0.494 e. The molecule has 20 heavy (non-hydrogen) atoms. The van der Waals surface area contributed by atoms with Crippen LogP contribution in [0.1, 0.15) is 57.8 Å². The minimum absolute atomic E-state index is 0.341. The van der Waals surface area contributed by atoms with Gasteiger partial charge in [0, 0.05) is 12.3 Å². The van der Waals surface area contributed by atoms with E-state index in [0.29, 0.717) is 6.61 Å². The molecule has 1 rings (SSSR count). The lowest BCUT2D eigenvalue weighted by atomic mass is 10.1. The molecule has 0 aliphatic carbocycles. The van der Waals surface area contributed by atoms with Gasteiger partial charge in [0.05, 0.1) is 6.61 Å². The summed E-state index contributed by atoms with van der Waals surface area (Å²) < 4.78 is 5.65. The molecule has 3 heteroatoms. The van der Waals surface area contributed by atoms with Gasteiger partial charge >= 0.3 is 0 Å². The monoisotopic (exact) mass is 279 g/mol. The number of aliphatic hydroxyl groups is 1. The normalized spacial score (nSPS) is 10.7. The summed E-state index contributed by atoms with van der Waals surface area (Å²) in [6.45, 7) is 1.13. The molecule has 0 atom stereocenters. The van der Waals surface area contributed by atoms with E-state index in [4.69, 9.17) is 15.6 Å². The third kappa shape index (κ3) is 8.81. The average molecular weight is 279 g/mol. The summed E-state index contributed by atoms with van der Waals surface area (Å²) in [6, 6.07) is 7.57. The first kappa shape index (κ1) is 16.8. The Balaban J connectivity index is 1.84. The Morgan fingerprint density at radius 3 is 1.80 bits per heavy atom. The summed E-state index contributed by atoms with van der Waals surface area (Å²) in [4.78, 5) is 0. The molecule has 0 fully saturated rings. The van der Waals surface area contributed by atoms with E-state index in [0.717, 1.165) is 30.9 Å². The third-order valence-electron chi connectivity index (χ3n) is 3.45. The van der Waals surface area contributed by atoms with Crippen LogP contribution in [0.15, 0.2) is 24.3 Å². The van der Waals surface area contributed by atoms with Crippen LogP contribution in [-0.2, 0) is 0 Å². The zero-order valence-electron chi connectivity index (χ0n) is 12.5. The van der Waals surface area contributed by atoms with Gasteiger partial charge in [-0.3, -0.25) is 0 Å². The van der Waals surface area contributed by atoms with Gasteiger partial charge < -0.3 is 15.6 Å². The van der Waals surface area contributed by atoms with Gasteiger partial charge in [-0.05, 0) is 37.1 Å². The van der Waals surface area contributed by atoms with Crippen molar-refractivity contribution in [3.63, 3.8) is 0 Å². The van der Waals surface area contributed by atoms with Crippen LogP contribution in [0.2, 0.25) is 0 Å². The predicted octanol–water partition coefficient (Wildman–Crippen LogP) is 4.15. The highest BCUT2D eigenvalue weighted by molar-refractivity contribution is 5.41. The highest BCUT2D eigenvalue weighted by Gasteiger charge is 1.95. The molecule has 0 aliphatic rings. The highest BCUT2D eigenvalue weighted by Crippen LogP contribution is 2.14. The van der Waals surface area contributed by atoms with E-state index >= 15 is 0 Å². The van der Waals surface area contributed by atoms with Crippen molar-refractivity contribution in [3.05, 3.63) is 24.3 Å². The van der Waals surface area contributed by atoms with E-state index in [-0.39, 0.29) is 0 Å². The first-order valence-corrected chi connectivity index (χ1v) is 7.92. The molecule has 0 spiro atoms. The van der Waals surface area contributed by atoms with Gasteiger partial charge in [-0.15, -0.1) is 0 Å². The van der Waals surface area contributed by atoms with Crippen LogP contribution in [0.5, 0.6) is 5.75 Å². The first-order chi connectivity index (χ1) is 9.83. The molecule has 0 amide bonds. The molecule has 0 heterocycles. The van der Waals surface area contributed by atoms with Crippen molar-refractivity contribution in [2.24, 2.45) is 0 Å². The first-order valence-electron chi connectivity index (χ1n) is 7.92. The maximum Gasteiger partial charge on any atom is 0.119 e. The number of hydrogen-bond acceptors (Lipinski definition) is 3. The molecule has 0 saturated carbocycles. The molecule has 0 bridgehead atoms. The highest BCUT2D eigenvalue weighted by atomic mass is 16.5. The van der Waals surface area contributed by atoms with Crippen LogP contribution in [-0.4, -0.2) is 18.3 Å². The Morgan fingerprint density at radius 1 is 0.750 bits per heavy atom. The number of aliphatic hydroxyl groups excluding tert-OH is 1. The van der Waals surface area contributed by atoms with Crippen LogP contribution in [0.4, 0.5) is 5.69 Å². The quantitative estimate of drug-likeness (QED) is 0.446. The van der Waals surface area contributed by atoms with Crippen molar-refractivity contribution in [1.29, 1.82) is 0 Å². The number of hydrogen-bond donors (Lipinski definition) is 2. The topological polar surface area (TPSA) is 55.5 Å². The SMILES string of the molecule is Nc1ccc(OCCCCCCCCCCCO)cc1. The molecule has 0 unspecified atom stereocenters. The maximum atomic E-state index is 8.67. The molecule has 1 aromatic rings. The Morgan fingerprint density at radius 2 is 1.25 bits per heavy atom. The van der Waals surface area contributed by atoms with Crippen LogP contribution in [0.3, 0.4) is 0 Å². The molecule has 0 aliphatic heterocycles. The molecular weight excluding hydrogens is 250 g/mol. The number of nitrogen functional groups attached to an aromatic ring is 1. The Labute approximate surface area is 123 Å². The van der Waals surface area contributed by atoms with Crippen molar-refractivity contribution in [3.8, 4) is 5.75 Å². The molecule has 1 aromatic carbocycles. The fraction of sp³-hybridized carbons (Fsp3) is 0.647. The van der Waals surface area contributed by atoms with E-state index in [2.05, 4.69) is 0 Å². The molecule has 0 saturated heterocycles. The van der Waals surface area contributed by atoms with Crippen LogP contribution in [0.25, 0.3) is 0 Å². The lowest BCUT2D eigenvalue weighted by Gasteiger charge is -2.06. The number of nitrogens with two attached hydrogens (primary N) is 1. The molecule has 0 radical (unpaired) electrons. The van der Waals surface area contributed by atoms with Gasteiger partial charge in [0.2, 0.25) is 0 Å². The standard InChI is InChI=1S/C17H29NO2/c18-16-10-12-17(13-11-16)20-15-9-7-5-3-1-2-4-6-8-14-19/h10-13,19H,1-9,14-15,18H2. The van der Waals surface area contributed by atoms with Crippen molar-refractivity contribution >= 4 is 5.69 Å². The van der Waals surface area contributed by atoms with E-state index < -0.39 is 0 Å². The molecule has 0 aromatic heterocycles. The van der Waals surface area contributed by atoms with Crippen molar-refractivity contribution in [2.75, 3.05) is 18.9 Å². The molecule has 114 valence electrons. The summed E-state index contributed by atoms with van der Waals surface area (Å²) in [5.41, 5.74) is 6.39. The predicted molar refractivity (Wildman–Crippen MR) is 85.0 cm³/mol. The molecule has 3 nitrogen and oxygen atoms in total. The van der Waals surface area contributed by atoms with Gasteiger partial charge in [-0.1, -0.05) is 44.9 Å². The zero-order chi connectivity index (χ0) is 14.5. The second-order valence-electron chi connectivity index (χ2n) is 5.32. The summed E-state index contributed by atoms with van der Waals surface area (Å²) >= 11 is 0. The van der Waals surface area contributed by atoms with Gasteiger partial charge in [0.15, 0.2) is 0 Å². The summed E-state index contributed by atoms with van der Waals surface area (Å²) in [7, 11) is 0. The van der Waals surface area contributed by atoms with Crippen molar-refractivity contribution < 1.29 is 9.84 Å². The maximum absolute atomic E-state index is 8.67. The van der Waals surface area contributed by atoms with E-state index in [1.165, 1.54) is 44.9 Å². The number of ether oxygens (including phenoxy) is 1.